The highest BCUT2D eigenvalue weighted by Crippen LogP contribution is 2.21. The Morgan fingerprint density at radius 1 is 1.14 bits per heavy atom. The van der Waals surface area contributed by atoms with Crippen LogP contribution in [0.15, 0.2) is 36.0 Å². The van der Waals surface area contributed by atoms with Crippen molar-refractivity contribution >= 4 is 23.2 Å². The first-order chi connectivity index (χ1) is 13.6. The van der Waals surface area contributed by atoms with Crippen LogP contribution < -0.4 is 10.6 Å². The average Bonchev–Trinajstić information content (AvgIpc) is 2.73. The van der Waals surface area contributed by atoms with Crippen molar-refractivity contribution in [2.45, 2.75) is 0 Å². The fourth-order valence-electron chi connectivity index (χ4n) is 3.62. The Morgan fingerprint density at radius 3 is 2.46 bits per heavy atom. The molecular formula is C20H27ClN6O. The summed E-state index contributed by atoms with van der Waals surface area (Å²) in [7, 11) is 0. The van der Waals surface area contributed by atoms with Gasteiger partial charge < -0.3 is 20.4 Å². The minimum atomic E-state index is -0.174. The molecule has 0 bridgehead atoms. The van der Waals surface area contributed by atoms with Crippen molar-refractivity contribution in [3.63, 3.8) is 0 Å². The van der Waals surface area contributed by atoms with Gasteiger partial charge in [-0.25, -0.2) is 0 Å². The smallest absolute Gasteiger partial charge is 0.266 e. The zero-order valence-corrected chi connectivity index (χ0v) is 16.8. The van der Waals surface area contributed by atoms with E-state index in [1.807, 2.05) is 24.3 Å². The van der Waals surface area contributed by atoms with Crippen LogP contribution in [-0.4, -0.2) is 86.1 Å². The molecule has 0 unspecified atom stereocenters. The van der Waals surface area contributed by atoms with Crippen molar-refractivity contribution in [3.8, 4) is 6.07 Å². The summed E-state index contributed by atoms with van der Waals surface area (Å²) in [5.41, 5.74) is 6.90. The summed E-state index contributed by atoms with van der Waals surface area (Å²) in [6, 6.07) is 9.92. The highest BCUT2D eigenvalue weighted by atomic mass is 35.5. The summed E-state index contributed by atoms with van der Waals surface area (Å²) in [5, 5.41) is 10.2. The number of nitrogens with two attached hydrogens (primary N) is 1. The molecular weight excluding hydrogens is 376 g/mol. The molecule has 2 aliphatic rings. The zero-order valence-electron chi connectivity index (χ0n) is 16.1. The van der Waals surface area contributed by atoms with Crippen LogP contribution in [0, 0.1) is 11.3 Å². The lowest BCUT2D eigenvalue weighted by Crippen LogP contribution is -2.50. The van der Waals surface area contributed by atoms with E-state index in [2.05, 4.69) is 20.8 Å². The van der Waals surface area contributed by atoms with Gasteiger partial charge in [0.2, 0.25) is 0 Å². The van der Waals surface area contributed by atoms with E-state index in [1.165, 1.54) is 0 Å². The Hall–Kier alpha value is -2.27. The normalized spacial score (nSPS) is 18.9. The highest BCUT2D eigenvalue weighted by Gasteiger charge is 2.24. The summed E-state index contributed by atoms with van der Waals surface area (Å²) in [5.74, 6) is -0.174. The molecule has 2 aliphatic heterocycles. The molecule has 8 heteroatoms. The maximum absolute atomic E-state index is 12.7. The summed E-state index contributed by atoms with van der Waals surface area (Å²) in [4.78, 5) is 21.1. The van der Waals surface area contributed by atoms with Gasteiger partial charge in [-0.15, -0.1) is 0 Å². The van der Waals surface area contributed by atoms with Crippen LogP contribution in [0.1, 0.15) is 0 Å². The number of amides is 1. The van der Waals surface area contributed by atoms with Gasteiger partial charge in [-0.3, -0.25) is 9.69 Å². The third-order valence-corrected chi connectivity index (χ3v) is 5.49. The van der Waals surface area contributed by atoms with E-state index in [-0.39, 0.29) is 11.5 Å². The molecule has 150 valence electrons. The average molecular weight is 403 g/mol. The fourth-order valence-corrected chi connectivity index (χ4v) is 3.81. The third-order valence-electron chi connectivity index (χ3n) is 5.25. The Balaban J connectivity index is 1.55. The van der Waals surface area contributed by atoms with E-state index >= 15 is 0 Å². The topological polar surface area (TPSA) is 79.8 Å². The molecule has 28 heavy (non-hydrogen) atoms. The lowest BCUT2D eigenvalue weighted by Gasteiger charge is -2.36. The van der Waals surface area contributed by atoms with Gasteiger partial charge in [0, 0.05) is 82.4 Å². The van der Waals surface area contributed by atoms with Gasteiger partial charge in [0.15, 0.2) is 0 Å². The molecule has 2 heterocycles. The number of nitriles is 1. The van der Waals surface area contributed by atoms with E-state index < -0.39 is 0 Å². The van der Waals surface area contributed by atoms with Gasteiger partial charge in [-0.2, -0.15) is 5.26 Å². The van der Waals surface area contributed by atoms with Crippen molar-refractivity contribution in [3.05, 3.63) is 41.1 Å². The fraction of sp³-hybridized carbons (Fsp3) is 0.500. The Morgan fingerprint density at radius 2 is 1.86 bits per heavy atom. The van der Waals surface area contributed by atoms with Crippen LogP contribution in [0.4, 0.5) is 5.69 Å². The highest BCUT2D eigenvalue weighted by molar-refractivity contribution is 6.30. The van der Waals surface area contributed by atoms with Gasteiger partial charge >= 0.3 is 0 Å². The number of hydrogen-bond donors (Lipinski definition) is 1. The number of carbonyl (C=O) groups is 1. The summed E-state index contributed by atoms with van der Waals surface area (Å²) in [6.07, 6.45) is 1.73. The van der Waals surface area contributed by atoms with Gasteiger partial charge in [0.05, 0.1) is 0 Å². The van der Waals surface area contributed by atoms with E-state index in [1.54, 1.807) is 11.1 Å². The maximum Gasteiger partial charge on any atom is 0.266 e. The quantitative estimate of drug-likeness (QED) is 0.584. The number of carbonyl (C=O) groups excluding carboxylic acids is 1. The minimum absolute atomic E-state index is 0.174. The van der Waals surface area contributed by atoms with Crippen LogP contribution in [0.3, 0.4) is 0 Å². The standard InChI is InChI=1S/C20H27ClN6O/c21-18-2-1-3-19(14-18)26-10-8-25(9-11-26)16-17(15-23)20(28)27-12-6-24(5-4-22)7-13-27/h1-3,14,16H,4-13,22H2/b17-16-. The first-order valence-electron chi connectivity index (χ1n) is 9.69. The second kappa shape index (κ2) is 9.78. The molecule has 0 atom stereocenters. The molecule has 1 aromatic carbocycles. The molecule has 2 N–H and O–H groups in total. The molecule has 0 spiro atoms. The van der Waals surface area contributed by atoms with E-state index in [0.717, 1.165) is 56.5 Å². The van der Waals surface area contributed by atoms with Gasteiger partial charge in [0.1, 0.15) is 11.6 Å². The van der Waals surface area contributed by atoms with E-state index in [0.29, 0.717) is 19.6 Å². The first-order valence-corrected chi connectivity index (χ1v) is 10.1. The molecule has 1 amide bonds. The number of benzene rings is 1. The lowest BCUT2D eigenvalue weighted by molar-refractivity contribution is -0.128. The second-order valence-corrected chi connectivity index (χ2v) is 7.52. The molecule has 0 radical (unpaired) electrons. The molecule has 2 saturated heterocycles. The summed E-state index contributed by atoms with van der Waals surface area (Å²) >= 11 is 6.08. The number of piperazine rings is 2. The van der Waals surface area contributed by atoms with E-state index in [9.17, 15) is 10.1 Å². The third kappa shape index (κ3) is 5.16. The molecule has 0 aliphatic carbocycles. The molecule has 7 nitrogen and oxygen atoms in total. The van der Waals surface area contributed by atoms with Crippen molar-refractivity contribution in [2.24, 2.45) is 5.73 Å². The summed E-state index contributed by atoms with van der Waals surface area (Å²) < 4.78 is 0. The molecule has 0 aromatic heterocycles. The molecule has 2 fully saturated rings. The summed E-state index contributed by atoms with van der Waals surface area (Å²) in [6.45, 7) is 7.52. The van der Waals surface area contributed by atoms with Crippen LogP contribution in [0.25, 0.3) is 0 Å². The molecule has 1 aromatic rings. The van der Waals surface area contributed by atoms with Gasteiger partial charge in [-0.1, -0.05) is 17.7 Å². The number of hydrogen-bond acceptors (Lipinski definition) is 6. The van der Waals surface area contributed by atoms with Crippen molar-refractivity contribution < 1.29 is 4.79 Å². The number of rotatable bonds is 5. The predicted octanol–water partition coefficient (Wildman–Crippen LogP) is 0.972. The predicted molar refractivity (Wildman–Crippen MR) is 111 cm³/mol. The second-order valence-electron chi connectivity index (χ2n) is 7.08. The lowest BCUT2D eigenvalue weighted by atomic mass is 10.2. The maximum atomic E-state index is 12.7. The number of anilines is 1. The van der Waals surface area contributed by atoms with Gasteiger partial charge in [-0.05, 0) is 18.2 Å². The number of nitrogens with zero attached hydrogens (tertiary/aromatic N) is 5. The van der Waals surface area contributed by atoms with Crippen LogP contribution in [-0.2, 0) is 4.79 Å². The minimum Gasteiger partial charge on any atom is -0.373 e. The largest absolute Gasteiger partial charge is 0.373 e. The first kappa shape index (κ1) is 20.5. The number of halogens is 1. The van der Waals surface area contributed by atoms with Crippen molar-refractivity contribution in [2.75, 3.05) is 70.3 Å². The Kier molecular flexibility index (Phi) is 7.15. The zero-order chi connectivity index (χ0) is 19.9. The van der Waals surface area contributed by atoms with Crippen LogP contribution in [0.2, 0.25) is 5.02 Å². The Bertz CT molecular complexity index is 745. The molecule has 3 rings (SSSR count). The Labute approximate surface area is 171 Å². The monoisotopic (exact) mass is 402 g/mol. The van der Waals surface area contributed by atoms with Crippen molar-refractivity contribution in [1.29, 1.82) is 5.26 Å². The van der Waals surface area contributed by atoms with Crippen LogP contribution >= 0.6 is 11.6 Å². The molecule has 0 saturated carbocycles. The van der Waals surface area contributed by atoms with Crippen molar-refractivity contribution in [1.82, 2.24) is 14.7 Å². The van der Waals surface area contributed by atoms with Gasteiger partial charge in [0.25, 0.3) is 5.91 Å². The van der Waals surface area contributed by atoms with Crippen LogP contribution in [0.5, 0.6) is 0 Å². The van der Waals surface area contributed by atoms with E-state index in [4.69, 9.17) is 17.3 Å². The SMILES string of the molecule is N#C/C(=C/N1CCN(c2cccc(Cl)c2)CC1)C(=O)N1CCN(CCN)CC1.